The first-order valence-electron chi connectivity index (χ1n) is 9.74. The van der Waals surface area contributed by atoms with Crippen molar-refractivity contribution in [2.75, 3.05) is 24.2 Å². The number of amides is 1. The zero-order chi connectivity index (χ0) is 21.3. The van der Waals surface area contributed by atoms with E-state index >= 15 is 0 Å². The molecule has 1 N–H and O–H groups in total. The Labute approximate surface area is 173 Å². The zero-order valence-corrected chi connectivity index (χ0v) is 18.1. The number of hydrogen-bond acceptors (Lipinski definition) is 4. The Balaban J connectivity index is 1.83. The lowest BCUT2D eigenvalue weighted by molar-refractivity contribution is -0.121. The van der Waals surface area contributed by atoms with Crippen molar-refractivity contribution in [3.63, 3.8) is 0 Å². The van der Waals surface area contributed by atoms with Crippen LogP contribution in [0.25, 0.3) is 0 Å². The number of rotatable bonds is 11. The number of ether oxygens (including phenoxy) is 1. The van der Waals surface area contributed by atoms with Crippen molar-refractivity contribution < 1.29 is 17.9 Å². The Morgan fingerprint density at radius 3 is 2.52 bits per heavy atom. The third kappa shape index (κ3) is 7.77. The number of benzene rings is 2. The van der Waals surface area contributed by atoms with Crippen LogP contribution in [0.15, 0.2) is 54.6 Å². The molecule has 0 aromatic heterocycles. The van der Waals surface area contributed by atoms with E-state index in [0.29, 0.717) is 17.9 Å². The van der Waals surface area contributed by atoms with Crippen molar-refractivity contribution in [3.8, 4) is 5.75 Å². The van der Waals surface area contributed by atoms with Crippen LogP contribution in [-0.2, 0) is 21.2 Å². The molecule has 29 heavy (non-hydrogen) atoms. The first-order valence-corrected chi connectivity index (χ1v) is 11.6. The van der Waals surface area contributed by atoms with Gasteiger partial charge in [0.05, 0.1) is 19.1 Å². The van der Waals surface area contributed by atoms with Gasteiger partial charge < -0.3 is 10.1 Å². The van der Waals surface area contributed by atoms with Crippen molar-refractivity contribution >= 4 is 21.6 Å². The molecule has 6 nitrogen and oxygen atoms in total. The molecule has 1 amide bonds. The summed E-state index contributed by atoms with van der Waals surface area (Å²) in [4.78, 5) is 12.2. The minimum atomic E-state index is -3.46. The fraction of sp³-hybridized carbons (Fsp3) is 0.409. The normalized spacial score (nSPS) is 12.2. The number of carbonyl (C=O) groups is 1. The number of anilines is 1. The average Bonchev–Trinajstić information content (AvgIpc) is 2.69. The van der Waals surface area contributed by atoms with Crippen LogP contribution < -0.4 is 14.4 Å². The number of aryl methyl sites for hydroxylation is 1. The van der Waals surface area contributed by atoms with Gasteiger partial charge in [-0.25, -0.2) is 8.42 Å². The highest BCUT2D eigenvalue weighted by Crippen LogP contribution is 2.23. The highest BCUT2D eigenvalue weighted by atomic mass is 32.2. The van der Waals surface area contributed by atoms with Gasteiger partial charge in [-0.1, -0.05) is 36.4 Å². The Kier molecular flexibility index (Phi) is 8.51. The van der Waals surface area contributed by atoms with Crippen molar-refractivity contribution in [2.45, 2.75) is 38.6 Å². The van der Waals surface area contributed by atoms with Gasteiger partial charge in [-0.05, 0) is 43.9 Å². The van der Waals surface area contributed by atoms with Crippen LogP contribution in [-0.4, -0.2) is 40.3 Å². The van der Waals surface area contributed by atoms with Gasteiger partial charge in [0.2, 0.25) is 15.9 Å². The van der Waals surface area contributed by atoms with Crippen LogP contribution in [0.5, 0.6) is 5.75 Å². The summed E-state index contributed by atoms with van der Waals surface area (Å²) in [6.07, 6.45) is 3.63. The lowest BCUT2D eigenvalue weighted by Gasteiger charge is -2.23. The van der Waals surface area contributed by atoms with E-state index in [0.717, 1.165) is 19.1 Å². The topological polar surface area (TPSA) is 75.7 Å². The molecule has 2 aromatic rings. The maximum atomic E-state index is 12.2. The van der Waals surface area contributed by atoms with Crippen LogP contribution in [0.1, 0.15) is 31.7 Å². The van der Waals surface area contributed by atoms with Gasteiger partial charge in [-0.15, -0.1) is 0 Å². The molecule has 0 unspecified atom stereocenters. The first kappa shape index (κ1) is 22.7. The highest BCUT2D eigenvalue weighted by molar-refractivity contribution is 7.92. The monoisotopic (exact) mass is 418 g/mol. The Morgan fingerprint density at radius 2 is 1.86 bits per heavy atom. The molecule has 0 spiro atoms. The predicted molar refractivity (Wildman–Crippen MR) is 117 cm³/mol. The van der Waals surface area contributed by atoms with Crippen LogP contribution in [0, 0.1) is 0 Å². The molecule has 0 saturated heterocycles. The van der Waals surface area contributed by atoms with E-state index < -0.39 is 10.0 Å². The molecule has 0 aliphatic heterocycles. The van der Waals surface area contributed by atoms with Crippen LogP contribution in [0.3, 0.4) is 0 Å². The number of methoxy groups -OCH3 is 1. The number of hydrogen-bond donors (Lipinski definition) is 1. The molecule has 0 saturated carbocycles. The molecule has 0 aliphatic rings. The molecule has 2 aromatic carbocycles. The molecule has 0 bridgehead atoms. The van der Waals surface area contributed by atoms with Gasteiger partial charge in [0, 0.05) is 25.1 Å². The third-order valence-electron chi connectivity index (χ3n) is 4.62. The zero-order valence-electron chi connectivity index (χ0n) is 17.3. The van der Waals surface area contributed by atoms with Crippen LogP contribution in [0.4, 0.5) is 5.69 Å². The lowest BCUT2D eigenvalue weighted by Crippen LogP contribution is -2.35. The molecule has 0 aliphatic carbocycles. The molecule has 0 radical (unpaired) electrons. The number of sulfonamides is 1. The summed E-state index contributed by atoms with van der Waals surface area (Å²) in [6.45, 7) is 2.22. The molecule has 158 valence electrons. The van der Waals surface area contributed by atoms with Gasteiger partial charge in [-0.3, -0.25) is 9.10 Å². The van der Waals surface area contributed by atoms with Crippen molar-refractivity contribution in [3.05, 3.63) is 60.2 Å². The maximum absolute atomic E-state index is 12.2. The maximum Gasteiger partial charge on any atom is 0.232 e. The fourth-order valence-electron chi connectivity index (χ4n) is 3.08. The minimum absolute atomic E-state index is 0.0621. The van der Waals surface area contributed by atoms with Gasteiger partial charge in [-0.2, -0.15) is 0 Å². The van der Waals surface area contributed by atoms with E-state index in [-0.39, 0.29) is 24.9 Å². The number of nitrogens with one attached hydrogen (secondary N) is 1. The second-order valence-electron chi connectivity index (χ2n) is 7.13. The summed E-state index contributed by atoms with van der Waals surface area (Å²) in [5.74, 6) is 0.519. The van der Waals surface area contributed by atoms with Crippen LogP contribution in [0.2, 0.25) is 0 Å². The second kappa shape index (κ2) is 10.9. The summed E-state index contributed by atoms with van der Waals surface area (Å²) < 4.78 is 30.9. The standard InChI is InChI=1S/C22H30N2O4S/c1-18(14-15-19-9-5-4-6-10-19)23-22(25)13-8-16-24(29(3,26)27)20-11-7-12-21(17-20)28-2/h4-7,9-12,17-18H,8,13-16H2,1-3H3,(H,23,25)/t18-/m1/s1. The third-order valence-corrected chi connectivity index (χ3v) is 5.82. The Morgan fingerprint density at radius 1 is 1.14 bits per heavy atom. The molecule has 1 atom stereocenters. The fourth-order valence-corrected chi connectivity index (χ4v) is 4.04. The summed E-state index contributed by atoms with van der Waals surface area (Å²) in [7, 11) is -1.92. The predicted octanol–water partition coefficient (Wildman–Crippen LogP) is 3.38. The van der Waals surface area contributed by atoms with E-state index in [9.17, 15) is 13.2 Å². The largest absolute Gasteiger partial charge is 0.497 e. The average molecular weight is 419 g/mol. The number of carbonyl (C=O) groups excluding carboxylic acids is 1. The summed E-state index contributed by atoms with van der Waals surface area (Å²) in [6, 6.07) is 17.1. The lowest BCUT2D eigenvalue weighted by atomic mass is 10.1. The molecule has 2 rings (SSSR count). The quantitative estimate of drug-likeness (QED) is 0.607. The van der Waals surface area contributed by atoms with E-state index in [2.05, 4.69) is 17.4 Å². The van der Waals surface area contributed by atoms with Gasteiger partial charge in [0.15, 0.2) is 0 Å². The number of nitrogens with zero attached hydrogens (tertiary/aromatic N) is 1. The van der Waals surface area contributed by atoms with Gasteiger partial charge in [0.25, 0.3) is 0 Å². The molecule has 0 fully saturated rings. The van der Waals surface area contributed by atoms with Crippen molar-refractivity contribution in [1.29, 1.82) is 0 Å². The van der Waals surface area contributed by atoms with Gasteiger partial charge >= 0.3 is 0 Å². The smallest absolute Gasteiger partial charge is 0.232 e. The minimum Gasteiger partial charge on any atom is -0.497 e. The molecule has 7 heteroatoms. The van der Waals surface area contributed by atoms with E-state index in [1.54, 1.807) is 24.3 Å². The summed E-state index contributed by atoms with van der Waals surface area (Å²) in [5.41, 5.74) is 1.78. The van der Waals surface area contributed by atoms with Crippen molar-refractivity contribution in [1.82, 2.24) is 5.32 Å². The molecular weight excluding hydrogens is 388 g/mol. The van der Waals surface area contributed by atoms with E-state index in [4.69, 9.17) is 4.74 Å². The van der Waals surface area contributed by atoms with E-state index in [1.165, 1.54) is 17.0 Å². The van der Waals surface area contributed by atoms with Crippen molar-refractivity contribution in [2.24, 2.45) is 0 Å². The summed E-state index contributed by atoms with van der Waals surface area (Å²) in [5, 5.41) is 2.99. The SMILES string of the molecule is COc1cccc(N(CCCC(=O)N[C@H](C)CCc2ccccc2)S(C)(=O)=O)c1. The highest BCUT2D eigenvalue weighted by Gasteiger charge is 2.18. The van der Waals surface area contributed by atoms with E-state index in [1.807, 2.05) is 25.1 Å². The Bertz CT molecular complexity index is 885. The Hall–Kier alpha value is -2.54. The molecular formula is C22H30N2O4S. The summed E-state index contributed by atoms with van der Waals surface area (Å²) >= 11 is 0. The van der Waals surface area contributed by atoms with Gasteiger partial charge in [0.1, 0.15) is 5.75 Å². The second-order valence-corrected chi connectivity index (χ2v) is 9.04. The first-order chi connectivity index (χ1) is 13.8. The molecule has 0 heterocycles. The van der Waals surface area contributed by atoms with Crippen LogP contribution >= 0.6 is 0 Å².